The van der Waals surface area contributed by atoms with Gasteiger partial charge in [-0.1, -0.05) is 13.0 Å². The lowest BCUT2D eigenvalue weighted by atomic mass is 10.2. The molecule has 0 saturated carbocycles. The zero-order valence-corrected chi connectivity index (χ0v) is 15.1. The molecule has 24 heavy (non-hydrogen) atoms. The highest BCUT2D eigenvalue weighted by atomic mass is 79.9. The lowest BCUT2D eigenvalue weighted by Gasteiger charge is -2.35. The molecule has 0 aliphatic carbocycles. The van der Waals surface area contributed by atoms with Crippen molar-refractivity contribution in [1.82, 2.24) is 14.9 Å². The number of rotatable bonds is 4. The summed E-state index contributed by atoms with van der Waals surface area (Å²) in [6, 6.07) is 5.19. The summed E-state index contributed by atoms with van der Waals surface area (Å²) in [5.74, 6) is -0.180. The molecule has 1 aliphatic heterocycles. The number of aryl methyl sites for hydroxylation is 1. The van der Waals surface area contributed by atoms with Gasteiger partial charge in [-0.05, 0) is 40.0 Å². The van der Waals surface area contributed by atoms with Gasteiger partial charge in [-0.15, -0.1) is 0 Å². The molecule has 1 aromatic carbocycles. The van der Waals surface area contributed by atoms with Gasteiger partial charge >= 0.3 is 0 Å². The second-order valence-corrected chi connectivity index (χ2v) is 6.68. The number of benzene rings is 1. The maximum atomic E-state index is 14.4. The fourth-order valence-corrected chi connectivity index (χ4v) is 3.12. The highest BCUT2D eigenvalue weighted by molar-refractivity contribution is 9.10. The van der Waals surface area contributed by atoms with Gasteiger partial charge in [-0.25, -0.2) is 18.7 Å². The van der Waals surface area contributed by atoms with Crippen molar-refractivity contribution in [3.63, 3.8) is 0 Å². The number of hydrogen-bond donors (Lipinski definition) is 0. The molecule has 0 N–H and O–H groups in total. The summed E-state index contributed by atoms with van der Waals surface area (Å²) < 4.78 is 28.4. The highest BCUT2D eigenvalue weighted by Crippen LogP contribution is 2.21. The van der Waals surface area contributed by atoms with Crippen LogP contribution in [0.2, 0.25) is 0 Å². The van der Waals surface area contributed by atoms with Crippen molar-refractivity contribution in [2.75, 3.05) is 31.1 Å². The zero-order valence-electron chi connectivity index (χ0n) is 13.5. The molecule has 3 rings (SSSR count). The predicted octanol–water partition coefficient (Wildman–Crippen LogP) is 3.40. The van der Waals surface area contributed by atoms with Gasteiger partial charge < -0.3 is 4.90 Å². The van der Waals surface area contributed by atoms with Gasteiger partial charge in [0.1, 0.15) is 12.1 Å². The smallest absolute Gasteiger partial charge is 0.187 e. The van der Waals surface area contributed by atoms with Gasteiger partial charge in [-0.2, -0.15) is 0 Å². The van der Waals surface area contributed by atoms with Crippen molar-refractivity contribution >= 4 is 21.7 Å². The second kappa shape index (κ2) is 7.53. The Bertz CT molecular complexity index is 718. The van der Waals surface area contributed by atoms with E-state index in [4.69, 9.17) is 0 Å². The predicted molar refractivity (Wildman–Crippen MR) is 93.0 cm³/mol. The molecule has 1 aromatic heterocycles. The Morgan fingerprint density at radius 3 is 2.54 bits per heavy atom. The SMILES string of the molecule is CCc1ncnc(N2CCN(Cc3ccc(Br)c(F)c3)CC2)c1F. The maximum absolute atomic E-state index is 14.4. The minimum Gasteiger partial charge on any atom is -0.352 e. The third-order valence-corrected chi connectivity index (χ3v) is 4.88. The van der Waals surface area contributed by atoms with Crippen LogP contribution in [0.3, 0.4) is 0 Å². The van der Waals surface area contributed by atoms with Crippen LogP contribution in [0, 0.1) is 11.6 Å². The third-order valence-electron chi connectivity index (χ3n) is 4.24. The molecule has 0 unspecified atom stereocenters. The van der Waals surface area contributed by atoms with Crippen LogP contribution < -0.4 is 4.90 Å². The molecule has 2 aromatic rings. The number of piperazine rings is 1. The molecule has 0 radical (unpaired) electrons. The monoisotopic (exact) mass is 396 g/mol. The van der Waals surface area contributed by atoms with E-state index in [0.29, 0.717) is 42.0 Å². The van der Waals surface area contributed by atoms with Crippen molar-refractivity contribution < 1.29 is 8.78 Å². The van der Waals surface area contributed by atoms with Crippen LogP contribution in [0.1, 0.15) is 18.2 Å². The first-order chi connectivity index (χ1) is 11.6. The Balaban J connectivity index is 1.62. The number of hydrogen-bond acceptors (Lipinski definition) is 4. The van der Waals surface area contributed by atoms with Gasteiger partial charge in [0.15, 0.2) is 11.6 Å². The van der Waals surface area contributed by atoms with E-state index in [0.717, 1.165) is 18.7 Å². The van der Waals surface area contributed by atoms with Crippen LogP contribution in [0.4, 0.5) is 14.6 Å². The van der Waals surface area contributed by atoms with E-state index in [2.05, 4.69) is 30.8 Å². The second-order valence-electron chi connectivity index (χ2n) is 5.82. The summed E-state index contributed by atoms with van der Waals surface area (Å²) in [5, 5.41) is 0. The Hall–Kier alpha value is -1.60. The average molecular weight is 397 g/mol. The Morgan fingerprint density at radius 2 is 1.88 bits per heavy atom. The molecule has 0 spiro atoms. The quantitative estimate of drug-likeness (QED) is 0.792. The largest absolute Gasteiger partial charge is 0.352 e. The van der Waals surface area contributed by atoms with Crippen LogP contribution in [0.15, 0.2) is 29.0 Å². The molecular formula is C17H19BrF2N4. The van der Waals surface area contributed by atoms with E-state index >= 15 is 0 Å². The van der Waals surface area contributed by atoms with E-state index in [-0.39, 0.29) is 11.6 Å². The van der Waals surface area contributed by atoms with Crippen molar-refractivity contribution in [2.45, 2.75) is 19.9 Å². The first-order valence-electron chi connectivity index (χ1n) is 7.99. The summed E-state index contributed by atoms with van der Waals surface area (Å²) in [6.45, 7) is 5.51. The molecule has 0 amide bonds. The van der Waals surface area contributed by atoms with Crippen molar-refractivity contribution in [2.24, 2.45) is 0 Å². The van der Waals surface area contributed by atoms with Gasteiger partial charge in [0.05, 0.1) is 10.2 Å². The highest BCUT2D eigenvalue weighted by Gasteiger charge is 2.22. The van der Waals surface area contributed by atoms with Crippen LogP contribution in [-0.4, -0.2) is 41.0 Å². The minimum absolute atomic E-state index is 0.249. The van der Waals surface area contributed by atoms with Crippen LogP contribution in [0.5, 0.6) is 0 Å². The number of nitrogens with zero attached hydrogens (tertiary/aromatic N) is 4. The van der Waals surface area contributed by atoms with Crippen LogP contribution in [0.25, 0.3) is 0 Å². The van der Waals surface area contributed by atoms with Crippen molar-refractivity contribution in [3.05, 3.63) is 51.9 Å². The fraction of sp³-hybridized carbons (Fsp3) is 0.412. The first kappa shape index (κ1) is 17.2. The minimum atomic E-state index is -0.316. The topological polar surface area (TPSA) is 32.3 Å². The van der Waals surface area contributed by atoms with E-state index in [1.54, 1.807) is 12.1 Å². The van der Waals surface area contributed by atoms with Gasteiger partial charge in [0, 0.05) is 32.7 Å². The van der Waals surface area contributed by atoms with E-state index < -0.39 is 0 Å². The number of aromatic nitrogens is 2. The molecule has 1 saturated heterocycles. The normalized spacial score (nSPS) is 15.8. The first-order valence-corrected chi connectivity index (χ1v) is 8.78. The lowest BCUT2D eigenvalue weighted by Crippen LogP contribution is -2.46. The summed E-state index contributed by atoms with van der Waals surface area (Å²) in [4.78, 5) is 12.3. The summed E-state index contributed by atoms with van der Waals surface area (Å²) in [7, 11) is 0. The Morgan fingerprint density at radius 1 is 1.12 bits per heavy atom. The molecule has 0 bridgehead atoms. The Kier molecular flexibility index (Phi) is 5.40. The van der Waals surface area contributed by atoms with E-state index in [1.165, 1.54) is 6.33 Å². The standard InChI is InChI=1S/C17H19BrF2N4/c1-2-15-16(20)17(22-11-21-15)24-7-5-23(6-8-24)10-12-3-4-13(18)14(19)9-12/h3-4,9,11H,2,5-8,10H2,1H3. The molecule has 7 heteroatoms. The Labute approximate surface area is 148 Å². The molecule has 4 nitrogen and oxygen atoms in total. The molecule has 1 aliphatic rings. The zero-order chi connectivity index (χ0) is 17.1. The van der Waals surface area contributed by atoms with Crippen molar-refractivity contribution in [1.29, 1.82) is 0 Å². The van der Waals surface area contributed by atoms with Crippen LogP contribution >= 0.6 is 15.9 Å². The van der Waals surface area contributed by atoms with E-state index in [1.807, 2.05) is 17.9 Å². The third kappa shape index (κ3) is 3.72. The van der Waals surface area contributed by atoms with E-state index in [9.17, 15) is 8.78 Å². The lowest BCUT2D eigenvalue weighted by molar-refractivity contribution is 0.248. The van der Waals surface area contributed by atoms with Gasteiger partial charge in [0.2, 0.25) is 0 Å². The molecule has 0 atom stereocenters. The summed E-state index contributed by atoms with van der Waals surface area (Å²) >= 11 is 3.16. The van der Waals surface area contributed by atoms with Gasteiger partial charge in [0.25, 0.3) is 0 Å². The summed E-state index contributed by atoms with van der Waals surface area (Å²) in [5.41, 5.74) is 1.39. The number of halogens is 3. The molecular weight excluding hydrogens is 378 g/mol. The molecule has 2 heterocycles. The van der Waals surface area contributed by atoms with Crippen molar-refractivity contribution in [3.8, 4) is 0 Å². The van der Waals surface area contributed by atoms with Gasteiger partial charge in [-0.3, -0.25) is 4.90 Å². The summed E-state index contributed by atoms with van der Waals surface area (Å²) in [6.07, 6.45) is 1.98. The maximum Gasteiger partial charge on any atom is 0.187 e. The average Bonchev–Trinajstić information content (AvgIpc) is 2.59. The van der Waals surface area contributed by atoms with Crippen LogP contribution in [-0.2, 0) is 13.0 Å². The molecule has 128 valence electrons. The fourth-order valence-electron chi connectivity index (χ4n) is 2.88. The molecule has 1 fully saturated rings. The number of anilines is 1.